The van der Waals surface area contributed by atoms with E-state index in [1.54, 1.807) is 91.8 Å². The van der Waals surface area contributed by atoms with Crippen molar-refractivity contribution in [2.45, 2.75) is 152 Å². The zero-order valence-corrected chi connectivity index (χ0v) is 46.5. The number of carbonyl (C=O) groups is 4. The molecule has 2 saturated carbocycles. The van der Waals surface area contributed by atoms with Crippen LogP contribution in [0.4, 0.5) is 9.59 Å². The average molecular weight is 1060 g/mol. The fraction of sp³-hybridized carbons (Fsp3) is 0.542. The number of aromatic carboxylic acids is 1. The first-order valence-corrected chi connectivity index (χ1v) is 26.0. The summed E-state index contributed by atoms with van der Waals surface area (Å²) < 4.78 is 78.8. The standard InChI is InChI=1S/C24H32N2O7S.C23H30N2O7S.CH4O.Na.2H2O/c1-15-20(26-21(32-15)16-6-8-17(9-7-16)22(27)31-5)14-34(29,30)19-12-10-18(11-13-19)25-23(28)33-24(2,3)4;1-14-19(25-20(31-14)15-5-7-16(8-6-15)21(26)27)13-33(29,30)18-11-9-17(10-12-18)24-22(28)32-23(2,3)4;1-2;;;/h6-9,18-19H,10-14H2,1-5H3,(H,25,28);5-8,17-18H,9-13H2,1-4H3,(H,24,28)(H,26,27);2H,1H3;;2*1H2/q;;;+1;;/p-1. The van der Waals surface area contributed by atoms with Crippen molar-refractivity contribution in [2.75, 3.05) is 14.2 Å². The number of rotatable bonds is 12. The number of hydrogen-bond donors (Lipinski definition) is 4. The minimum Gasteiger partial charge on any atom is -0.870 e. The molecule has 21 nitrogen and oxygen atoms in total. The molecule has 2 heterocycles. The quantitative estimate of drug-likeness (QED) is 0.0888. The number of aliphatic hydroxyl groups excluding tert-OH is 1. The molecule has 0 unspecified atom stereocenters. The molecule has 2 aliphatic rings. The fourth-order valence-corrected chi connectivity index (χ4v) is 11.4. The van der Waals surface area contributed by atoms with E-state index in [-0.39, 0.29) is 75.6 Å². The van der Waals surface area contributed by atoms with Crippen LogP contribution >= 0.6 is 0 Å². The smallest absolute Gasteiger partial charge is 0.870 e. The SMILES string of the molecule is CO.COC(=O)c1ccc(-c2nc(CS(=O)(=O)C3CCC(NC(=O)OC(C)(C)C)CC3)c(C)o2)cc1.Cc1oc(-c2ccc(C(=O)O)cc2)nc1CS(=O)(=O)C1CCC(NC(=O)OC(C)(C)C)CC1.O.[Na+].[OH-]. The molecule has 0 radical (unpaired) electrons. The molecule has 2 aliphatic carbocycles. The van der Waals surface area contributed by atoms with E-state index in [9.17, 15) is 36.0 Å². The number of amides is 2. The molecule has 2 aromatic heterocycles. The summed E-state index contributed by atoms with van der Waals surface area (Å²) in [5.74, 6) is -0.524. The predicted octanol–water partition coefficient (Wildman–Crippen LogP) is 3.90. The number of aryl methyl sites for hydroxylation is 2. The summed E-state index contributed by atoms with van der Waals surface area (Å²) in [6.07, 6.45) is 3.09. The minimum absolute atomic E-state index is 0. The molecule has 2 aromatic carbocycles. The van der Waals surface area contributed by atoms with Gasteiger partial charge in [-0.2, -0.15) is 0 Å². The van der Waals surface area contributed by atoms with Crippen LogP contribution in [0.1, 0.15) is 137 Å². The number of aliphatic hydroxyl groups is 1. The number of esters is 1. The van der Waals surface area contributed by atoms with Crippen LogP contribution in [0.3, 0.4) is 0 Å². The van der Waals surface area contributed by atoms with Crippen LogP contribution in [0.15, 0.2) is 57.4 Å². The summed E-state index contributed by atoms with van der Waals surface area (Å²) in [6, 6.07) is 12.4. The van der Waals surface area contributed by atoms with Crippen LogP contribution in [0.25, 0.3) is 22.9 Å². The van der Waals surface area contributed by atoms with Gasteiger partial charge in [0.05, 0.1) is 51.6 Å². The molecular formula is C48H69N4NaO17S2. The van der Waals surface area contributed by atoms with Gasteiger partial charge in [0.2, 0.25) is 11.8 Å². The van der Waals surface area contributed by atoms with Crippen LogP contribution in [-0.4, -0.2) is 120 Å². The van der Waals surface area contributed by atoms with E-state index in [1.165, 1.54) is 19.2 Å². The first-order valence-electron chi connectivity index (χ1n) is 22.5. The summed E-state index contributed by atoms with van der Waals surface area (Å²) in [5.41, 5.74) is 1.30. The number of nitrogens with zero attached hydrogens (tertiary/aromatic N) is 2. The zero-order chi connectivity index (χ0) is 51.5. The number of carbonyl (C=O) groups excluding carboxylic acids is 3. The third-order valence-corrected chi connectivity index (χ3v) is 15.5. The van der Waals surface area contributed by atoms with Gasteiger partial charge >= 0.3 is 53.7 Å². The number of carboxylic acids is 1. The fourth-order valence-electron chi connectivity index (χ4n) is 7.69. The monoisotopic (exact) mass is 1060 g/mol. The summed E-state index contributed by atoms with van der Waals surface area (Å²) in [6.45, 7) is 14.1. The molecule has 0 bridgehead atoms. The molecule has 396 valence electrons. The van der Waals surface area contributed by atoms with Crippen molar-refractivity contribution < 1.29 is 110 Å². The Hall–Kier alpha value is -4.88. The van der Waals surface area contributed by atoms with E-state index in [1.807, 2.05) is 0 Å². The van der Waals surface area contributed by atoms with Gasteiger partial charge in [-0.05, 0) is 155 Å². The Labute approximate surface area is 443 Å². The molecule has 7 N–H and O–H groups in total. The second kappa shape index (κ2) is 28.0. The summed E-state index contributed by atoms with van der Waals surface area (Å²) >= 11 is 0. The van der Waals surface area contributed by atoms with E-state index in [2.05, 4.69) is 20.6 Å². The van der Waals surface area contributed by atoms with Gasteiger partial charge in [-0.25, -0.2) is 46.0 Å². The molecule has 0 aliphatic heterocycles. The van der Waals surface area contributed by atoms with Crippen molar-refractivity contribution in [3.63, 3.8) is 0 Å². The number of aromatic nitrogens is 2. The largest absolute Gasteiger partial charge is 1.00 e. The molecule has 2 amide bonds. The van der Waals surface area contributed by atoms with Gasteiger partial charge in [-0.3, -0.25) is 0 Å². The van der Waals surface area contributed by atoms with E-state index >= 15 is 0 Å². The van der Waals surface area contributed by atoms with Crippen molar-refractivity contribution in [2.24, 2.45) is 0 Å². The number of sulfone groups is 2. The van der Waals surface area contributed by atoms with Crippen molar-refractivity contribution in [1.29, 1.82) is 0 Å². The van der Waals surface area contributed by atoms with Crippen LogP contribution < -0.4 is 40.2 Å². The van der Waals surface area contributed by atoms with Crippen molar-refractivity contribution >= 4 is 43.8 Å². The number of hydrogen-bond acceptors (Lipinski definition) is 17. The molecule has 2 fully saturated rings. The second-order valence-electron chi connectivity index (χ2n) is 18.8. The van der Waals surface area contributed by atoms with E-state index in [0.717, 1.165) is 7.11 Å². The van der Waals surface area contributed by atoms with Crippen LogP contribution in [0.5, 0.6) is 0 Å². The molecule has 0 spiro atoms. The van der Waals surface area contributed by atoms with Crippen molar-refractivity contribution in [1.82, 2.24) is 20.6 Å². The number of alkyl carbamates (subject to hydrolysis) is 2. The predicted molar refractivity (Wildman–Crippen MR) is 261 cm³/mol. The van der Waals surface area contributed by atoms with Crippen molar-refractivity contribution in [3.05, 3.63) is 82.6 Å². The van der Waals surface area contributed by atoms with Gasteiger partial charge in [0.25, 0.3) is 0 Å². The van der Waals surface area contributed by atoms with E-state index in [0.29, 0.717) is 96.9 Å². The van der Waals surface area contributed by atoms with Crippen LogP contribution in [-0.2, 0) is 45.4 Å². The minimum atomic E-state index is -3.47. The van der Waals surface area contributed by atoms with E-state index in [4.69, 9.17) is 33.3 Å². The first kappa shape index (κ1) is 65.1. The molecule has 24 heteroatoms. The average Bonchev–Trinajstić information content (AvgIpc) is 3.82. The van der Waals surface area contributed by atoms with Gasteiger partial charge in [0.15, 0.2) is 19.7 Å². The summed E-state index contributed by atoms with van der Waals surface area (Å²) in [7, 11) is -4.62. The maximum absolute atomic E-state index is 13.1. The topological polar surface area (TPSA) is 342 Å². The van der Waals surface area contributed by atoms with Gasteiger partial charge in [-0.15, -0.1) is 0 Å². The Kier molecular flexibility index (Phi) is 25.3. The molecule has 6 rings (SSSR count). The number of benzene rings is 2. The number of ether oxygens (including phenoxy) is 3. The summed E-state index contributed by atoms with van der Waals surface area (Å²) in [5, 5.41) is 20.7. The zero-order valence-electron chi connectivity index (χ0n) is 42.9. The Bertz CT molecular complexity index is 2610. The van der Waals surface area contributed by atoms with Gasteiger partial charge in [-0.1, -0.05) is 0 Å². The van der Waals surface area contributed by atoms with Gasteiger partial charge in [0, 0.05) is 30.3 Å². The number of nitrogens with one attached hydrogen (secondary N) is 2. The number of methoxy groups -OCH3 is 1. The molecule has 0 saturated heterocycles. The van der Waals surface area contributed by atoms with Crippen LogP contribution in [0.2, 0.25) is 0 Å². The normalized spacial score (nSPS) is 17.8. The van der Waals surface area contributed by atoms with Crippen LogP contribution in [0, 0.1) is 13.8 Å². The molecule has 4 aromatic rings. The molecular weight excluding hydrogens is 992 g/mol. The third-order valence-electron chi connectivity index (χ3n) is 11.2. The van der Waals surface area contributed by atoms with E-state index < -0.39 is 65.5 Å². The summed E-state index contributed by atoms with van der Waals surface area (Å²) in [4.78, 5) is 55.3. The van der Waals surface area contributed by atoms with Crippen molar-refractivity contribution in [3.8, 4) is 22.9 Å². The maximum atomic E-state index is 13.1. The third kappa shape index (κ3) is 19.5. The Morgan fingerprint density at radius 1 is 0.625 bits per heavy atom. The Balaban J connectivity index is 0.000000669. The Morgan fingerprint density at radius 2 is 0.944 bits per heavy atom. The second-order valence-corrected chi connectivity index (χ2v) is 23.4. The van der Waals surface area contributed by atoms with Gasteiger partial charge in [0.1, 0.15) is 22.7 Å². The van der Waals surface area contributed by atoms with Gasteiger partial charge < -0.3 is 54.8 Å². The number of oxazole rings is 2. The number of carboxylic acid groups (broad SMARTS) is 1. The molecule has 72 heavy (non-hydrogen) atoms. The maximum Gasteiger partial charge on any atom is 1.00 e. The Morgan fingerprint density at radius 3 is 1.24 bits per heavy atom. The molecule has 0 atom stereocenters. The first-order chi connectivity index (χ1) is 32.2.